The van der Waals surface area contributed by atoms with E-state index >= 15 is 0 Å². The van der Waals surface area contributed by atoms with Crippen molar-refractivity contribution in [3.8, 4) is 0 Å². The molecule has 2 N–H and O–H groups in total. The van der Waals surface area contributed by atoms with Gasteiger partial charge in [-0.2, -0.15) is 0 Å². The Balaban J connectivity index is 0.000000533. The van der Waals surface area contributed by atoms with Gasteiger partial charge in [-0.1, -0.05) is 98.3 Å². The van der Waals surface area contributed by atoms with Gasteiger partial charge in [0.2, 0.25) is 0 Å². The highest BCUT2D eigenvalue weighted by Crippen LogP contribution is 2.33. The molecular weight excluding hydrogens is 336 g/mol. The first-order chi connectivity index (χ1) is 12.9. The van der Waals surface area contributed by atoms with Crippen molar-refractivity contribution < 1.29 is 15.0 Å². The molecule has 1 saturated carbocycles. The molecule has 0 aromatic heterocycles. The first-order valence-corrected chi connectivity index (χ1v) is 11.8. The van der Waals surface area contributed by atoms with E-state index in [9.17, 15) is 9.90 Å². The predicted octanol–water partition coefficient (Wildman–Crippen LogP) is 7.21. The second-order valence-corrected chi connectivity index (χ2v) is 9.07. The van der Waals surface area contributed by atoms with Crippen LogP contribution in [0.5, 0.6) is 0 Å². The van der Waals surface area contributed by atoms with Gasteiger partial charge in [-0.15, -0.1) is 0 Å². The van der Waals surface area contributed by atoms with E-state index in [0.29, 0.717) is 18.3 Å². The van der Waals surface area contributed by atoms with E-state index in [2.05, 4.69) is 27.7 Å². The molecule has 162 valence electrons. The van der Waals surface area contributed by atoms with Crippen molar-refractivity contribution in [2.24, 2.45) is 17.8 Å². The highest BCUT2D eigenvalue weighted by molar-refractivity contribution is 5.66. The molecular formula is C24H48O3. The van der Waals surface area contributed by atoms with Crippen molar-refractivity contribution in [2.75, 3.05) is 0 Å². The maximum absolute atomic E-state index is 10.3. The Kier molecular flexibility index (Phi) is 17.2. The van der Waals surface area contributed by atoms with Crippen LogP contribution in [0.25, 0.3) is 0 Å². The molecule has 0 bridgehead atoms. The fourth-order valence-corrected chi connectivity index (χ4v) is 4.09. The van der Waals surface area contributed by atoms with Crippen molar-refractivity contribution in [2.45, 2.75) is 130 Å². The minimum atomic E-state index is -0.657. The third-order valence-corrected chi connectivity index (χ3v) is 5.98. The van der Waals surface area contributed by atoms with Gasteiger partial charge in [-0.3, -0.25) is 4.79 Å². The summed E-state index contributed by atoms with van der Waals surface area (Å²) in [4.78, 5) is 10.3. The number of aliphatic hydroxyl groups is 1. The third-order valence-electron chi connectivity index (χ3n) is 5.98. The van der Waals surface area contributed by atoms with Gasteiger partial charge in [0.05, 0.1) is 6.10 Å². The standard InChI is InChI=1S/C14H28O2.C10H20O/c1-2-3-4-5-6-7-8-9-10-11-12-13-14(15)16;1-7(2)9-5-4-8(3)6-10(9)11/h2-13H2,1H3,(H,15,16);7-11H,4-6H2,1-3H3/t;8-,9+,10-/m.1/s1. The number of carboxylic acids is 1. The number of unbranched alkanes of at least 4 members (excludes halogenated alkanes) is 10. The van der Waals surface area contributed by atoms with Gasteiger partial charge in [0.15, 0.2) is 0 Å². The van der Waals surface area contributed by atoms with Gasteiger partial charge in [0.1, 0.15) is 0 Å². The molecule has 0 aromatic rings. The van der Waals surface area contributed by atoms with E-state index in [4.69, 9.17) is 5.11 Å². The SMILES string of the molecule is CC(C)[C@@H]1CC[C@@H](C)C[C@H]1O.CCCCCCCCCCCCCC(=O)O. The third kappa shape index (κ3) is 16.1. The van der Waals surface area contributed by atoms with Gasteiger partial charge < -0.3 is 10.2 Å². The Hall–Kier alpha value is -0.570. The minimum Gasteiger partial charge on any atom is -0.481 e. The van der Waals surface area contributed by atoms with Crippen LogP contribution < -0.4 is 0 Å². The lowest BCUT2D eigenvalue weighted by Gasteiger charge is -2.33. The largest absolute Gasteiger partial charge is 0.481 e. The van der Waals surface area contributed by atoms with Crippen LogP contribution >= 0.6 is 0 Å². The molecule has 0 radical (unpaired) electrons. The maximum Gasteiger partial charge on any atom is 0.303 e. The minimum absolute atomic E-state index is 0.0289. The number of rotatable bonds is 13. The number of hydrogen-bond donors (Lipinski definition) is 2. The molecule has 3 heteroatoms. The van der Waals surface area contributed by atoms with Gasteiger partial charge in [-0.25, -0.2) is 0 Å². The zero-order valence-electron chi connectivity index (χ0n) is 18.7. The summed E-state index contributed by atoms with van der Waals surface area (Å²) in [7, 11) is 0. The van der Waals surface area contributed by atoms with E-state index in [1.807, 2.05) is 0 Å². The average molecular weight is 385 g/mol. The first kappa shape index (κ1) is 26.4. The quantitative estimate of drug-likeness (QED) is 0.330. The van der Waals surface area contributed by atoms with Crippen LogP contribution in [0.4, 0.5) is 0 Å². The summed E-state index contributed by atoms with van der Waals surface area (Å²) < 4.78 is 0. The summed E-state index contributed by atoms with van der Waals surface area (Å²) in [6.07, 6.45) is 17.9. The summed E-state index contributed by atoms with van der Waals surface area (Å²) >= 11 is 0. The zero-order chi connectivity index (χ0) is 20.5. The Morgan fingerprint density at radius 2 is 1.37 bits per heavy atom. The van der Waals surface area contributed by atoms with Crippen LogP contribution in [0, 0.1) is 17.8 Å². The molecule has 0 aliphatic heterocycles. The lowest BCUT2D eigenvalue weighted by molar-refractivity contribution is -0.137. The Bertz CT molecular complexity index is 341. The second kappa shape index (κ2) is 17.5. The summed E-state index contributed by atoms with van der Waals surface area (Å²) in [5.74, 6) is 1.29. The fraction of sp³-hybridized carbons (Fsp3) is 0.958. The molecule has 3 nitrogen and oxygen atoms in total. The van der Waals surface area contributed by atoms with E-state index < -0.39 is 5.97 Å². The van der Waals surface area contributed by atoms with Gasteiger partial charge >= 0.3 is 5.97 Å². The van der Waals surface area contributed by atoms with Crippen molar-refractivity contribution in [3.63, 3.8) is 0 Å². The molecule has 0 aromatic carbocycles. The molecule has 1 aliphatic rings. The fourth-order valence-electron chi connectivity index (χ4n) is 4.09. The van der Waals surface area contributed by atoms with Crippen molar-refractivity contribution in [1.29, 1.82) is 0 Å². The molecule has 0 amide bonds. The summed E-state index contributed by atoms with van der Waals surface area (Å²) in [6, 6.07) is 0. The Morgan fingerprint density at radius 1 is 0.889 bits per heavy atom. The molecule has 0 spiro atoms. The summed E-state index contributed by atoms with van der Waals surface area (Å²) in [5.41, 5.74) is 0. The first-order valence-electron chi connectivity index (χ1n) is 11.8. The molecule has 3 atom stereocenters. The Labute approximate surface area is 169 Å². The van der Waals surface area contributed by atoms with Gasteiger partial charge in [0.25, 0.3) is 0 Å². The van der Waals surface area contributed by atoms with Gasteiger partial charge in [0, 0.05) is 6.42 Å². The normalized spacial score (nSPS) is 22.4. The number of aliphatic hydroxyl groups excluding tert-OH is 1. The van der Waals surface area contributed by atoms with E-state index in [1.165, 1.54) is 70.6 Å². The van der Waals surface area contributed by atoms with Crippen LogP contribution in [0.15, 0.2) is 0 Å². The highest BCUT2D eigenvalue weighted by atomic mass is 16.4. The summed E-state index contributed by atoms with van der Waals surface area (Å²) in [5, 5.41) is 18.2. The molecule has 1 fully saturated rings. The number of aliphatic carboxylic acids is 1. The second-order valence-electron chi connectivity index (χ2n) is 9.07. The van der Waals surface area contributed by atoms with Crippen LogP contribution in [-0.2, 0) is 4.79 Å². The molecule has 0 heterocycles. The molecule has 0 unspecified atom stereocenters. The number of carbonyl (C=O) groups is 1. The molecule has 27 heavy (non-hydrogen) atoms. The zero-order valence-corrected chi connectivity index (χ0v) is 18.7. The lowest BCUT2D eigenvalue weighted by Crippen LogP contribution is -2.31. The molecule has 1 aliphatic carbocycles. The van der Waals surface area contributed by atoms with E-state index in [-0.39, 0.29) is 6.10 Å². The van der Waals surface area contributed by atoms with Crippen LogP contribution in [-0.4, -0.2) is 22.3 Å². The Morgan fingerprint density at radius 3 is 1.78 bits per heavy atom. The smallest absolute Gasteiger partial charge is 0.303 e. The predicted molar refractivity (Wildman–Crippen MR) is 116 cm³/mol. The van der Waals surface area contributed by atoms with Crippen molar-refractivity contribution in [3.05, 3.63) is 0 Å². The van der Waals surface area contributed by atoms with Crippen LogP contribution in [0.3, 0.4) is 0 Å². The van der Waals surface area contributed by atoms with Crippen LogP contribution in [0.1, 0.15) is 124 Å². The number of hydrogen-bond acceptors (Lipinski definition) is 2. The molecule has 0 saturated heterocycles. The van der Waals surface area contributed by atoms with E-state index in [1.54, 1.807) is 0 Å². The van der Waals surface area contributed by atoms with Crippen LogP contribution in [0.2, 0.25) is 0 Å². The lowest BCUT2D eigenvalue weighted by atomic mass is 9.75. The van der Waals surface area contributed by atoms with Crippen molar-refractivity contribution in [1.82, 2.24) is 0 Å². The monoisotopic (exact) mass is 384 g/mol. The summed E-state index contributed by atoms with van der Waals surface area (Å²) in [6.45, 7) is 8.91. The average Bonchev–Trinajstić information content (AvgIpc) is 2.59. The molecule has 1 rings (SSSR count). The highest BCUT2D eigenvalue weighted by Gasteiger charge is 2.28. The maximum atomic E-state index is 10.3. The van der Waals surface area contributed by atoms with Gasteiger partial charge in [-0.05, 0) is 37.0 Å². The number of carboxylic acid groups (broad SMARTS) is 1. The van der Waals surface area contributed by atoms with E-state index in [0.717, 1.165) is 25.2 Å². The van der Waals surface area contributed by atoms with Crippen molar-refractivity contribution >= 4 is 5.97 Å². The topological polar surface area (TPSA) is 57.5 Å².